The van der Waals surface area contributed by atoms with Gasteiger partial charge in [-0.15, -0.1) is 0 Å². The number of benzene rings is 1. The van der Waals surface area contributed by atoms with Crippen LogP contribution >= 0.6 is 0 Å². The first-order valence-electron chi connectivity index (χ1n) is 6.03. The van der Waals surface area contributed by atoms with Crippen LogP contribution in [0, 0.1) is 0 Å². The topological polar surface area (TPSA) is 61.6 Å². The second-order valence-electron chi connectivity index (χ2n) is 4.38. The summed E-state index contributed by atoms with van der Waals surface area (Å²) >= 11 is 0. The van der Waals surface area contributed by atoms with Crippen LogP contribution in [-0.2, 0) is 0 Å². The molecule has 1 aliphatic heterocycles. The Kier molecular flexibility index (Phi) is 2.80. The highest BCUT2D eigenvalue weighted by Crippen LogP contribution is 2.17. The highest BCUT2D eigenvalue weighted by Gasteiger charge is 2.17. The van der Waals surface area contributed by atoms with Crippen molar-refractivity contribution in [2.24, 2.45) is 5.16 Å². The Balaban J connectivity index is 1.86. The third-order valence-electron chi connectivity index (χ3n) is 3.24. The molecule has 0 spiro atoms. The molecule has 0 aliphatic carbocycles. The summed E-state index contributed by atoms with van der Waals surface area (Å²) < 4.78 is 0. The largest absolute Gasteiger partial charge is 0.411 e. The molecular formula is C13H14N4O. The average Bonchev–Trinajstić information content (AvgIpc) is 2.47. The van der Waals surface area contributed by atoms with E-state index in [-0.39, 0.29) is 0 Å². The molecule has 1 aliphatic rings. The maximum Gasteiger partial charge on any atom is 0.225 e. The Labute approximate surface area is 105 Å². The number of anilines is 1. The lowest BCUT2D eigenvalue weighted by molar-refractivity contribution is 0.315. The molecule has 92 valence electrons. The van der Waals surface area contributed by atoms with Crippen molar-refractivity contribution < 1.29 is 5.21 Å². The van der Waals surface area contributed by atoms with Gasteiger partial charge in [-0.2, -0.15) is 0 Å². The van der Waals surface area contributed by atoms with Crippen LogP contribution < -0.4 is 4.90 Å². The summed E-state index contributed by atoms with van der Waals surface area (Å²) in [6, 6.07) is 7.96. The lowest BCUT2D eigenvalue weighted by Gasteiger charge is -2.27. The zero-order valence-corrected chi connectivity index (χ0v) is 9.95. The summed E-state index contributed by atoms with van der Waals surface area (Å²) in [7, 11) is 0. The van der Waals surface area contributed by atoms with Crippen LogP contribution in [0.1, 0.15) is 12.8 Å². The van der Waals surface area contributed by atoms with Crippen LogP contribution in [0.3, 0.4) is 0 Å². The number of para-hydroxylation sites is 1. The number of fused-ring (bicyclic) bond motifs is 1. The first-order valence-corrected chi connectivity index (χ1v) is 6.03. The fraction of sp³-hybridized carbons (Fsp3) is 0.308. The van der Waals surface area contributed by atoms with Crippen LogP contribution in [0.15, 0.2) is 35.6 Å². The first-order chi connectivity index (χ1) is 8.86. The number of hydrogen-bond acceptors (Lipinski definition) is 5. The van der Waals surface area contributed by atoms with Crippen molar-refractivity contribution in [3.05, 3.63) is 30.5 Å². The van der Waals surface area contributed by atoms with Crippen molar-refractivity contribution in [3.63, 3.8) is 0 Å². The molecule has 1 N–H and O–H groups in total. The van der Waals surface area contributed by atoms with E-state index in [2.05, 4.69) is 20.0 Å². The van der Waals surface area contributed by atoms with E-state index in [1.807, 2.05) is 30.5 Å². The molecule has 2 aromatic rings. The molecular weight excluding hydrogens is 228 g/mol. The van der Waals surface area contributed by atoms with Gasteiger partial charge in [-0.1, -0.05) is 23.4 Å². The maximum atomic E-state index is 8.73. The molecule has 1 aromatic heterocycles. The quantitative estimate of drug-likeness (QED) is 0.614. The summed E-state index contributed by atoms with van der Waals surface area (Å²) in [4.78, 5) is 11.1. The van der Waals surface area contributed by atoms with Gasteiger partial charge in [0.25, 0.3) is 0 Å². The molecule has 3 rings (SSSR count). The van der Waals surface area contributed by atoms with Crippen LogP contribution in [0.25, 0.3) is 10.9 Å². The monoisotopic (exact) mass is 242 g/mol. The maximum absolute atomic E-state index is 8.73. The second kappa shape index (κ2) is 4.60. The molecule has 1 aromatic carbocycles. The third kappa shape index (κ3) is 1.99. The average molecular weight is 242 g/mol. The summed E-state index contributed by atoms with van der Waals surface area (Å²) in [5, 5.41) is 13.1. The van der Waals surface area contributed by atoms with Crippen molar-refractivity contribution >= 4 is 22.6 Å². The lowest BCUT2D eigenvalue weighted by atomic mass is 10.1. The smallest absolute Gasteiger partial charge is 0.225 e. The van der Waals surface area contributed by atoms with Crippen LogP contribution in [0.5, 0.6) is 0 Å². The minimum Gasteiger partial charge on any atom is -0.411 e. The number of rotatable bonds is 1. The van der Waals surface area contributed by atoms with Crippen molar-refractivity contribution in [1.29, 1.82) is 0 Å². The van der Waals surface area contributed by atoms with Gasteiger partial charge >= 0.3 is 0 Å². The number of piperidine rings is 1. The molecule has 0 amide bonds. The van der Waals surface area contributed by atoms with Gasteiger partial charge < -0.3 is 10.1 Å². The molecule has 1 saturated heterocycles. The number of nitrogens with zero attached hydrogens (tertiary/aromatic N) is 4. The predicted octanol–water partition coefficient (Wildman–Crippen LogP) is 2.06. The van der Waals surface area contributed by atoms with Gasteiger partial charge in [0, 0.05) is 37.5 Å². The van der Waals surface area contributed by atoms with Gasteiger partial charge in [0.1, 0.15) is 0 Å². The molecule has 1 fully saturated rings. The van der Waals surface area contributed by atoms with Gasteiger partial charge in [0.05, 0.1) is 11.2 Å². The van der Waals surface area contributed by atoms with E-state index in [1.54, 1.807) is 0 Å². The van der Waals surface area contributed by atoms with Gasteiger partial charge in [0.2, 0.25) is 5.95 Å². The lowest BCUT2D eigenvalue weighted by Crippen LogP contribution is -2.35. The van der Waals surface area contributed by atoms with E-state index < -0.39 is 0 Å². The Morgan fingerprint density at radius 1 is 1.17 bits per heavy atom. The highest BCUT2D eigenvalue weighted by molar-refractivity contribution is 5.86. The molecule has 0 unspecified atom stereocenters. The van der Waals surface area contributed by atoms with Gasteiger partial charge in [-0.3, -0.25) is 0 Å². The van der Waals surface area contributed by atoms with E-state index in [0.29, 0.717) is 0 Å². The summed E-state index contributed by atoms with van der Waals surface area (Å²) in [6.45, 7) is 1.61. The van der Waals surface area contributed by atoms with E-state index in [9.17, 15) is 0 Å². The Bertz CT molecular complexity index is 586. The molecule has 5 nitrogen and oxygen atoms in total. The number of aromatic nitrogens is 2. The van der Waals surface area contributed by atoms with Crippen molar-refractivity contribution in [2.45, 2.75) is 12.8 Å². The summed E-state index contributed by atoms with van der Waals surface area (Å²) in [6.07, 6.45) is 3.40. The molecule has 0 bridgehead atoms. The highest BCUT2D eigenvalue weighted by atomic mass is 16.4. The minimum absolute atomic E-state index is 0.755. The van der Waals surface area contributed by atoms with Gasteiger partial charge in [-0.25, -0.2) is 9.97 Å². The SMILES string of the molecule is ON=C1CCN(c2ncc3ccccc3n2)CC1. The molecule has 0 saturated carbocycles. The fourth-order valence-electron chi connectivity index (χ4n) is 2.18. The molecule has 18 heavy (non-hydrogen) atoms. The zero-order chi connectivity index (χ0) is 12.4. The van der Waals surface area contributed by atoms with E-state index in [0.717, 1.165) is 48.5 Å². The van der Waals surface area contributed by atoms with E-state index >= 15 is 0 Å². The fourth-order valence-corrected chi connectivity index (χ4v) is 2.18. The predicted molar refractivity (Wildman–Crippen MR) is 70.2 cm³/mol. The zero-order valence-electron chi connectivity index (χ0n) is 9.95. The van der Waals surface area contributed by atoms with Crippen LogP contribution in [0.4, 0.5) is 5.95 Å². The second-order valence-corrected chi connectivity index (χ2v) is 4.38. The minimum atomic E-state index is 0.755. The molecule has 2 heterocycles. The van der Waals surface area contributed by atoms with Crippen molar-refractivity contribution in [3.8, 4) is 0 Å². The van der Waals surface area contributed by atoms with Gasteiger partial charge in [-0.05, 0) is 6.07 Å². The summed E-state index contributed by atoms with van der Waals surface area (Å²) in [5.41, 5.74) is 1.82. The van der Waals surface area contributed by atoms with Crippen LogP contribution in [-0.4, -0.2) is 34.0 Å². The Hall–Kier alpha value is -2.17. The van der Waals surface area contributed by atoms with E-state index in [1.165, 1.54) is 0 Å². The molecule has 0 radical (unpaired) electrons. The van der Waals surface area contributed by atoms with E-state index in [4.69, 9.17) is 5.21 Å². The number of oxime groups is 1. The standard InChI is InChI=1S/C13H14N4O/c18-16-11-5-7-17(8-6-11)13-14-9-10-3-1-2-4-12(10)15-13/h1-4,9,18H,5-8H2. The van der Waals surface area contributed by atoms with Crippen molar-refractivity contribution in [2.75, 3.05) is 18.0 Å². The Morgan fingerprint density at radius 2 is 1.94 bits per heavy atom. The first kappa shape index (κ1) is 11.0. The number of hydrogen-bond donors (Lipinski definition) is 1. The summed E-state index contributed by atoms with van der Waals surface area (Å²) in [5.74, 6) is 0.755. The van der Waals surface area contributed by atoms with Crippen molar-refractivity contribution in [1.82, 2.24) is 9.97 Å². The normalized spacial score (nSPS) is 16.0. The molecule has 5 heteroatoms. The van der Waals surface area contributed by atoms with Gasteiger partial charge in [0.15, 0.2) is 0 Å². The third-order valence-corrected chi connectivity index (χ3v) is 3.24. The Morgan fingerprint density at radius 3 is 2.72 bits per heavy atom. The molecule has 0 atom stereocenters. The van der Waals surface area contributed by atoms with Crippen LogP contribution in [0.2, 0.25) is 0 Å².